The number of carbonyl (C=O) groups is 2. The first-order chi connectivity index (χ1) is 10.4. The molecular formula is C15H18N2O4S. The van der Waals surface area contributed by atoms with E-state index in [0.29, 0.717) is 43.4 Å². The van der Waals surface area contributed by atoms with E-state index < -0.39 is 15.3 Å². The van der Waals surface area contributed by atoms with E-state index in [-0.39, 0.29) is 17.7 Å². The largest absolute Gasteiger partial charge is 0.274 e. The van der Waals surface area contributed by atoms with Gasteiger partial charge in [-0.3, -0.25) is 14.5 Å². The second-order valence-corrected chi connectivity index (χ2v) is 7.84. The Morgan fingerprint density at radius 2 is 1.50 bits per heavy atom. The normalized spacial score (nSPS) is 25.4. The lowest BCUT2D eigenvalue weighted by atomic mass is 9.88. The molecule has 22 heavy (non-hydrogen) atoms. The van der Waals surface area contributed by atoms with E-state index in [1.54, 1.807) is 24.3 Å². The minimum Gasteiger partial charge on any atom is -0.274 e. The smallest absolute Gasteiger partial charge is 0.261 e. The third-order valence-electron chi connectivity index (χ3n) is 4.58. The molecule has 1 aliphatic heterocycles. The second kappa shape index (κ2) is 5.48. The van der Waals surface area contributed by atoms with Gasteiger partial charge in [0.25, 0.3) is 11.8 Å². The van der Waals surface area contributed by atoms with E-state index in [1.165, 1.54) is 4.90 Å². The van der Waals surface area contributed by atoms with Gasteiger partial charge in [0.05, 0.1) is 16.4 Å². The number of nitrogens with two attached hydrogens (primary N) is 1. The summed E-state index contributed by atoms with van der Waals surface area (Å²) in [5.41, 5.74) is 0.899. The molecule has 1 heterocycles. The van der Waals surface area contributed by atoms with E-state index in [4.69, 9.17) is 5.14 Å². The number of hydrogen-bond donors (Lipinski definition) is 1. The van der Waals surface area contributed by atoms with Crippen LogP contribution in [0.3, 0.4) is 0 Å². The van der Waals surface area contributed by atoms with Crippen molar-refractivity contribution >= 4 is 21.8 Å². The highest BCUT2D eigenvalue weighted by molar-refractivity contribution is 7.89. The Morgan fingerprint density at radius 1 is 1.00 bits per heavy atom. The third kappa shape index (κ3) is 2.66. The molecule has 0 atom stereocenters. The van der Waals surface area contributed by atoms with Gasteiger partial charge >= 0.3 is 0 Å². The summed E-state index contributed by atoms with van der Waals surface area (Å²) in [6.45, 7) is 0.351. The molecule has 0 saturated heterocycles. The molecule has 7 heteroatoms. The number of primary sulfonamides is 1. The molecule has 1 aromatic carbocycles. The molecule has 0 aromatic heterocycles. The second-order valence-electron chi connectivity index (χ2n) is 6.00. The number of amides is 2. The van der Waals surface area contributed by atoms with Gasteiger partial charge in [0.2, 0.25) is 10.0 Å². The first-order valence-electron chi connectivity index (χ1n) is 7.35. The molecule has 1 saturated carbocycles. The maximum absolute atomic E-state index is 12.3. The van der Waals surface area contributed by atoms with Crippen molar-refractivity contribution in [2.24, 2.45) is 11.1 Å². The number of benzene rings is 1. The number of fused-ring (bicyclic) bond motifs is 1. The van der Waals surface area contributed by atoms with Crippen LogP contribution >= 0.6 is 0 Å². The summed E-state index contributed by atoms with van der Waals surface area (Å²) >= 11 is 0. The van der Waals surface area contributed by atoms with Crippen LogP contribution in [0.25, 0.3) is 0 Å². The van der Waals surface area contributed by atoms with E-state index in [2.05, 4.69) is 0 Å². The maximum Gasteiger partial charge on any atom is 0.261 e. The minimum atomic E-state index is -3.49. The lowest BCUT2D eigenvalue weighted by Crippen LogP contribution is -2.38. The van der Waals surface area contributed by atoms with Gasteiger partial charge in [0.1, 0.15) is 0 Å². The fraction of sp³-hybridized carbons (Fsp3) is 0.467. The van der Waals surface area contributed by atoms with Crippen LogP contribution in [0.5, 0.6) is 0 Å². The van der Waals surface area contributed by atoms with Crippen LogP contribution in [0, 0.1) is 5.92 Å². The zero-order valence-corrected chi connectivity index (χ0v) is 12.9. The van der Waals surface area contributed by atoms with Gasteiger partial charge in [-0.25, -0.2) is 13.6 Å². The Bertz CT molecular complexity index is 686. The van der Waals surface area contributed by atoms with Gasteiger partial charge in [-0.2, -0.15) is 0 Å². The van der Waals surface area contributed by atoms with Crippen molar-refractivity contribution in [3.8, 4) is 0 Å². The van der Waals surface area contributed by atoms with Crippen LogP contribution in [0.1, 0.15) is 46.4 Å². The van der Waals surface area contributed by atoms with E-state index in [1.807, 2.05) is 0 Å². The highest BCUT2D eigenvalue weighted by atomic mass is 32.2. The maximum atomic E-state index is 12.3. The molecule has 0 radical (unpaired) electrons. The summed E-state index contributed by atoms with van der Waals surface area (Å²) in [5, 5.41) is 4.68. The van der Waals surface area contributed by atoms with Crippen LogP contribution in [0.2, 0.25) is 0 Å². The summed E-state index contributed by atoms with van der Waals surface area (Å²) in [7, 11) is -3.49. The molecule has 118 valence electrons. The van der Waals surface area contributed by atoms with E-state index >= 15 is 0 Å². The lowest BCUT2D eigenvalue weighted by molar-refractivity contribution is 0.0617. The lowest BCUT2D eigenvalue weighted by Gasteiger charge is -2.29. The molecule has 2 aliphatic rings. The number of carbonyl (C=O) groups excluding carboxylic acids is 2. The summed E-state index contributed by atoms with van der Waals surface area (Å²) < 4.78 is 22.7. The highest BCUT2D eigenvalue weighted by Crippen LogP contribution is 2.31. The zero-order chi connectivity index (χ0) is 15.9. The molecule has 0 unspecified atom stereocenters. The fourth-order valence-electron chi connectivity index (χ4n) is 3.31. The molecule has 0 spiro atoms. The Morgan fingerprint density at radius 3 is 1.95 bits per heavy atom. The van der Waals surface area contributed by atoms with Crippen LogP contribution in [-0.2, 0) is 10.0 Å². The standard InChI is InChI=1S/C15H18N2O4S/c16-22(20,21)11-7-5-10(6-8-11)9-17-14(18)12-3-1-2-4-13(12)15(17)19/h1-4,10-11H,5-9H2,(H2,16,20,21)/t10-,11-. The fourth-order valence-corrected chi connectivity index (χ4v) is 4.24. The molecule has 3 rings (SSSR count). The first-order valence-corrected chi connectivity index (χ1v) is 8.95. The van der Waals surface area contributed by atoms with Gasteiger partial charge in [-0.1, -0.05) is 12.1 Å². The predicted octanol–water partition coefficient (Wildman–Crippen LogP) is 1.13. The Balaban J connectivity index is 1.67. The number of nitrogens with zero attached hydrogens (tertiary/aromatic N) is 1. The van der Waals surface area contributed by atoms with Gasteiger partial charge < -0.3 is 0 Å². The van der Waals surface area contributed by atoms with Crippen molar-refractivity contribution in [2.75, 3.05) is 6.54 Å². The molecular weight excluding hydrogens is 304 g/mol. The highest BCUT2D eigenvalue weighted by Gasteiger charge is 2.37. The predicted molar refractivity (Wildman–Crippen MR) is 80.7 cm³/mol. The van der Waals surface area contributed by atoms with Crippen molar-refractivity contribution in [3.63, 3.8) is 0 Å². The average Bonchev–Trinajstić information content (AvgIpc) is 2.73. The topological polar surface area (TPSA) is 97.5 Å². The Hall–Kier alpha value is -1.73. The number of rotatable bonds is 3. The van der Waals surface area contributed by atoms with Gasteiger partial charge in [-0.15, -0.1) is 0 Å². The summed E-state index contributed by atoms with van der Waals surface area (Å²) in [5.74, 6) is -0.372. The Labute approximate surface area is 129 Å². The molecule has 2 amide bonds. The molecule has 2 N–H and O–H groups in total. The molecule has 0 bridgehead atoms. The average molecular weight is 322 g/mol. The van der Waals surface area contributed by atoms with Crippen LogP contribution < -0.4 is 5.14 Å². The summed E-state index contributed by atoms with van der Waals surface area (Å²) in [6, 6.07) is 6.80. The molecule has 1 fully saturated rings. The van der Waals surface area contributed by atoms with Crippen LogP contribution in [-0.4, -0.2) is 36.9 Å². The van der Waals surface area contributed by atoms with Crippen molar-refractivity contribution in [3.05, 3.63) is 35.4 Å². The monoisotopic (exact) mass is 322 g/mol. The van der Waals surface area contributed by atoms with Gasteiger partial charge in [-0.05, 0) is 43.7 Å². The molecule has 1 aromatic rings. The van der Waals surface area contributed by atoms with Crippen LogP contribution in [0.4, 0.5) is 0 Å². The van der Waals surface area contributed by atoms with Crippen molar-refractivity contribution < 1.29 is 18.0 Å². The SMILES string of the molecule is NS(=O)(=O)[C@H]1CC[C@H](CN2C(=O)c3ccccc3C2=O)CC1. The van der Waals surface area contributed by atoms with Crippen molar-refractivity contribution in [2.45, 2.75) is 30.9 Å². The first kappa shape index (κ1) is 15.2. The van der Waals surface area contributed by atoms with Crippen molar-refractivity contribution in [1.29, 1.82) is 0 Å². The molecule has 1 aliphatic carbocycles. The quantitative estimate of drug-likeness (QED) is 0.843. The number of hydrogen-bond acceptors (Lipinski definition) is 4. The van der Waals surface area contributed by atoms with Crippen LogP contribution in [0.15, 0.2) is 24.3 Å². The number of sulfonamides is 1. The van der Waals surface area contributed by atoms with E-state index in [0.717, 1.165) is 0 Å². The van der Waals surface area contributed by atoms with E-state index in [9.17, 15) is 18.0 Å². The Kier molecular flexibility index (Phi) is 3.78. The number of imide groups is 1. The zero-order valence-electron chi connectivity index (χ0n) is 12.1. The van der Waals surface area contributed by atoms with Crippen molar-refractivity contribution in [1.82, 2.24) is 4.90 Å². The third-order valence-corrected chi connectivity index (χ3v) is 5.98. The van der Waals surface area contributed by atoms with Gasteiger partial charge in [0, 0.05) is 6.54 Å². The summed E-state index contributed by atoms with van der Waals surface area (Å²) in [4.78, 5) is 25.9. The van der Waals surface area contributed by atoms with Gasteiger partial charge in [0.15, 0.2) is 0 Å². The molecule has 6 nitrogen and oxygen atoms in total. The summed E-state index contributed by atoms with van der Waals surface area (Å²) in [6.07, 6.45) is 2.31. The minimum absolute atomic E-state index is 0.139.